The molecule has 0 saturated carbocycles. The zero-order valence-corrected chi connectivity index (χ0v) is 16.5. The summed E-state index contributed by atoms with van der Waals surface area (Å²) >= 11 is 0. The lowest BCUT2D eigenvalue weighted by Gasteiger charge is -2.36. The second-order valence-corrected chi connectivity index (χ2v) is 7.62. The predicted octanol–water partition coefficient (Wildman–Crippen LogP) is 2.68. The standard InChI is InChI=1S/C22H24N6O/c1-2-16-10-19-21(26-22(16)29)9-15(12-23-19)13-27-5-7-28(8-6-27)17-3-4-18-20(11-17)25-14-24-18/h3-4,9-12,14H,2,5-8,13H2,1H3,(H,24,25)(H,26,29). The van der Waals surface area contributed by atoms with Crippen LogP contribution in [0.3, 0.4) is 0 Å². The Morgan fingerprint density at radius 3 is 2.69 bits per heavy atom. The minimum Gasteiger partial charge on any atom is -0.369 e. The molecule has 1 fully saturated rings. The minimum atomic E-state index is -0.0122. The van der Waals surface area contributed by atoms with Gasteiger partial charge < -0.3 is 14.9 Å². The van der Waals surface area contributed by atoms with Crippen LogP contribution in [-0.4, -0.2) is 51.0 Å². The van der Waals surface area contributed by atoms with Crippen molar-refractivity contribution in [3.05, 3.63) is 64.3 Å². The van der Waals surface area contributed by atoms with Gasteiger partial charge in [0, 0.05) is 50.2 Å². The summed E-state index contributed by atoms with van der Waals surface area (Å²) in [5.41, 5.74) is 6.87. The summed E-state index contributed by atoms with van der Waals surface area (Å²) in [5.74, 6) is 0. The first-order valence-electron chi connectivity index (χ1n) is 10.1. The van der Waals surface area contributed by atoms with Gasteiger partial charge in [0.25, 0.3) is 5.56 Å². The number of nitrogens with zero attached hydrogens (tertiary/aromatic N) is 4. The van der Waals surface area contributed by atoms with Crippen LogP contribution in [-0.2, 0) is 13.0 Å². The Kier molecular flexibility index (Phi) is 4.52. The monoisotopic (exact) mass is 388 g/mol. The van der Waals surface area contributed by atoms with E-state index in [9.17, 15) is 4.79 Å². The van der Waals surface area contributed by atoms with Crippen molar-refractivity contribution < 1.29 is 0 Å². The molecule has 0 atom stereocenters. The molecule has 4 heterocycles. The Morgan fingerprint density at radius 2 is 1.86 bits per heavy atom. The van der Waals surface area contributed by atoms with Crippen molar-refractivity contribution in [1.29, 1.82) is 0 Å². The van der Waals surface area contributed by atoms with Crippen molar-refractivity contribution in [3.8, 4) is 0 Å². The lowest BCUT2D eigenvalue weighted by molar-refractivity contribution is 0.250. The number of H-pyrrole nitrogens is 2. The van der Waals surface area contributed by atoms with Gasteiger partial charge in [0.05, 0.1) is 28.4 Å². The maximum atomic E-state index is 12.1. The van der Waals surface area contributed by atoms with E-state index in [1.165, 1.54) is 5.69 Å². The number of benzene rings is 1. The molecule has 148 valence electrons. The number of imidazole rings is 1. The zero-order chi connectivity index (χ0) is 19.8. The topological polar surface area (TPSA) is 80.9 Å². The number of nitrogens with one attached hydrogen (secondary N) is 2. The Balaban J connectivity index is 1.27. The molecule has 7 heteroatoms. The second kappa shape index (κ2) is 7.33. The summed E-state index contributed by atoms with van der Waals surface area (Å²) in [6, 6.07) is 10.3. The van der Waals surface area contributed by atoms with E-state index >= 15 is 0 Å². The van der Waals surface area contributed by atoms with Crippen LogP contribution in [0.1, 0.15) is 18.1 Å². The highest BCUT2D eigenvalue weighted by atomic mass is 16.1. The van der Waals surface area contributed by atoms with E-state index in [-0.39, 0.29) is 5.56 Å². The lowest BCUT2D eigenvalue weighted by Crippen LogP contribution is -2.45. The first-order valence-corrected chi connectivity index (χ1v) is 10.1. The highest BCUT2D eigenvalue weighted by Crippen LogP contribution is 2.22. The normalized spacial score (nSPS) is 15.4. The number of hydrogen-bond acceptors (Lipinski definition) is 5. The van der Waals surface area contributed by atoms with Gasteiger partial charge in [-0.2, -0.15) is 0 Å². The largest absolute Gasteiger partial charge is 0.369 e. The first-order chi connectivity index (χ1) is 14.2. The van der Waals surface area contributed by atoms with E-state index in [1.807, 2.05) is 19.2 Å². The molecular weight excluding hydrogens is 364 g/mol. The summed E-state index contributed by atoms with van der Waals surface area (Å²) in [5, 5.41) is 0. The summed E-state index contributed by atoms with van der Waals surface area (Å²) < 4.78 is 0. The number of pyridine rings is 2. The highest BCUT2D eigenvalue weighted by Gasteiger charge is 2.18. The van der Waals surface area contributed by atoms with Crippen LogP contribution in [0.15, 0.2) is 47.7 Å². The number of fused-ring (bicyclic) bond motifs is 2. The molecule has 0 bridgehead atoms. The van der Waals surface area contributed by atoms with Crippen LogP contribution in [0.25, 0.3) is 22.1 Å². The number of aryl methyl sites for hydroxylation is 1. The van der Waals surface area contributed by atoms with Crippen molar-refractivity contribution >= 4 is 27.8 Å². The van der Waals surface area contributed by atoms with Gasteiger partial charge >= 0.3 is 0 Å². The molecule has 1 aliphatic rings. The molecule has 0 radical (unpaired) electrons. The van der Waals surface area contributed by atoms with Crippen LogP contribution in [0.2, 0.25) is 0 Å². The van der Waals surface area contributed by atoms with Crippen LogP contribution < -0.4 is 10.5 Å². The van der Waals surface area contributed by atoms with Crippen molar-refractivity contribution in [2.24, 2.45) is 0 Å². The molecule has 2 N–H and O–H groups in total. The fourth-order valence-electron chi connectivity index (χ4n) is 4.06. The fourth-order valence-corrected chi connectivity index (χ4v) is 4.06. The summed E-state index contributed by atoms with van der Waals surface area (Å²) in [4.78, 5) is 32.0. The van der Waals surface area contributed by atoms with E-state index in [2.05, 4.69) is 54.0 Å². The molecule has 3 aromatic heterocycles. The van der Waals surface area contributed by atoms with Crippen LogP contribution in [0.4, 0.5) is 5.69 Å². The maximum absolute atomic E-state index is 12.1. The number of anilines is 1. The predicted molar refractivity (Wildman–Crippen MR) is 115 cm³/mol. The van der Waals surface area contributed by atoms with E-state index in [0.717, 1.165) is 65.9 Å². The highest BCUT2D eigenvalue weighted by molar-refractivity contribution is 5.79. The van der Waals surface area contributed by atoms with E-state index < -0.39 is 0 Å². The third kappa shape index (κ3) is 3.49. The van der Waals surface area contributed by atoms with E-state index in [0.29, 0.717) is 6.42 Å². The van der Waals surface area contributed by atoms with Gasteiger partial charge in [-0.1, -0.05) is 6.92 Å². The van der Waals surface area contributed by atoms with Crippen molar-refractivity contribution in [2.45, 2.75) is 19.9 Å². The molecule has 29 heavy (non-hydrogen) atoms. The molecule has 5 rings (SSSR count). The molecular formula is C22H24N6O. The molecule has 0 unspecified atom stereocenters. The number of aromatic nitrogens is 4. The SMILES string of the molecule is CCc1cc2ncc(CN3CCN(c4ccc5nc[nH]c5c4)CC3)cc2[nH]c1=O. The molecule has 7 nitrogen and oxygen atoms in total. The van der Waals surface area contributed by atoms with Gasteiger partial charge in [0.1, 0.15) is 0 Å². The van der Waals surface area contributed by atoms with Gasteiger partial charge in [0.2, 0.25) is 0 Å². The molecule has 4 aromatic rings. The van der Waals surface area contributed by atoms with Crippen LogP contribution >= 0.6 is 0 Å². The summed E-state index contributed by atoms with van der Waals surface area (Å²) in [6.07, 6.45) is 4.38. The van der Waals surface area contributed by atoms with Gasteiger partial charge in [0.15, 0.2) is 0 Å². The smallest absolute Gasteiger partial charge is 0.251 e. The Labute approximate surface area is 168 Å². The van der Waals surface area contributed by atoms with E-state index in [1.54, 1.807) is 6.33 Å². The maximum Gasteiger partial charge on any atom is 0.251 e. The molecule has 1 saturated heterocycles. The number of piperazine rings is 1. The number of aromatic amines is 2. The number of hydrogen-bond donors (Lipinski definition) is 2. The molecule has 1 aromatic carbocycles. The van der Waals surface area contributed by atoms with Gasteiger partial charge in [-0.15, -0.1) is 0 Å². The Hall–Kier alpha value is -3.19. The van der Waals surface area contributed by atoms with Crippen molar-refractivity contribution in [2.75, 3.05) is 31.1 Å². The van der Waals surface area contributed by atoms with Gasteiger partial charge in [-0.25, -0.2) is 4.98 Å². The fraction of sp³-hybridized carbons (Fsp3) is 0.318. The third-order valence-electron chi connectivity index (χ3n) is 5.75. The van der Waals surface area contributed by atoms with Crippen LogP contribution in [0.5, 0.6) is 0 Å². The zero-order valence-electron chi connectivity index (χ0n) is 16.5. The molecule has 0 aliphatic carbocycles. The van der Waals surface area contributed by atoms with E-state index in [4.69, 9.17) is 0 Å². The van der Waals surface area contributed by atoms with Gasteiger partial charge in [-0.3, -0.25) is 14.7 Å². The molecule has 0 amide bonds. The van der Waals surface area contributed by atoms with Crippen LogP contribution in [0, 0.1) is 0 Å². The summed E-state index contributed by atoms with van der Waals surface area (Å²) in [7, 11) is 0. The number of rotatable bonds is 4. The average Bonchev–Trinajstić information content (AvgIpc) is 3.21. The lowest BCUT2D eigenvalue weighted by atomic mass is 10.1. The molecule has 1 aliphatic heterocycles. The van der Waals surface area contributed by atoms with Gasteiger partial charge in [-0.05, 0) is 42.3 Å². The van der Waals surface area contributed by atoms with Crippen molar-refractivity contribution in [1.82, 2.24) is 24.8 Å². The second-order valence-electron chi connectivity index (χ2n) is 7.62. The molecule has 0 spiro atoms. The summed E-state index contributed by atoms with van der Waals surface area (Å²) in [6.45, 7) is 6.77. The first kappa shape index (κ1) is 17.9. The Bertz CT molecular complexity index is 1220. The quantitative estimate of drug-likeness (QED) is 0.562. The minimum absolute atomic E-state index is 0.0122. The Morgan fingerprint density at radius 1 is 1.00 bits per heavy atom. The average molecular weight is 388 g/mol. The van der Waals surface area contributed by atoms with Crippen molar-refractivity contribution in [3.63, 3.8) is 0 Å². The third-order valence-corrected chi connectivity index (χ3v) is 5.75.